The van der Waals surface area contributed by atoms with Gasteiger partial charge in [-0.05, 0) is 48.6 Å². The average Bonchev–Trinajstić information content (AvgIpc) is 3.03. The van der Waals surface area contributed by atoms with Crippen molar-refractivity contribution >= 4 is 23.2 Å². The summed E-state index contributed by atoms with van der Waals surface area (Å²) in [4.78, 5) is 17.4. The fourth-order valence-electron chi connectivity index (χ4n) is 3.34. The van der Waals surface area contributed by atoms with Gasteiger partial charge in [-0.2, -0.15) is 0 Å². The lowest BCUT2D eigenvalue weighted by Gasteiger charge is -2.18. The highest BCUT2D eigenvalue weighted by Crippen LogP contribution is 2.25. The smallest absolute Gasteiger partial charge is 0.270 e. The number of halogens is 1. The maximum absolute atomic E-state index is 12.8. The van der Waals surface area contributed by atoms with Crippen molar-refractivity contribution in [3.05, 3.63) is 64.1 Å². The number of carbonyl (C=O) groups is 1. The van der Waals surface area contributed by atoms with Gasteiger partial charge in [-0.25, -0.2) is 4.98 Å². The molecule has 134 valence electrons. The van der Waals surface area contributed by atoms with Gasteiger partial charge >= 0.3 is 0 Å². The summed E-state index contributed by atoms with van der Waals surface area (Å²) in [6.45, 7) is 3.23. The molecule has 4 rings (SSSR count). The van der Waals surface area contributed by atoms with Crippen LogP contribution >= 0.6 is 11.6 Å². The van der Waals surface area contributed by atoms with E-state index in [2.05, 4.69) is 16.4 Å². The second kappa shape index (κ2) is 7.00. The Bertz CT molecular complexity index is 981. The normalized spacial score (nSPS) is 13.3. The standard InChI is InChI=1S/C20H20ClN3O2/c1-2-16-19(24-12-15(21)6-8-18(24)23-16)20(25)22-11-13-5-7-17-14(10-13)4-3-9-26-17/h5-8,10,12H,2-4,9,11H2,1H3,(H,22,25). The molecular formula is C20H20ClN3O2. The van der Waals surface area contributed by atoms with Gasteiger partial charge < -0.3 is 10.1 Å². The third kappa shape index (κ3) is 3.15. The van der Waals surface area contributed by atoms with Crippen LogP contribution in [0.2, 0.25) is 5.02 Å². The van der Waals surface area contributed by atoms with Crippen molar-refractivity contribution < 1.29 is 9.53 Å². The van der Waals surface area contributed by atoms with Crippen molar-refractivity contribution in [2.75, 3.05) is 6.61 Å². The molecule has 6 heteroatoms. The third-order valence-electron chi connectivity index (χ3n) is 4.63. The Labute approximate surface area is 157 Å². The van der Waals surface area contributed by atoms with Crippen LogP contribution in [-0.4, -0.2) is 21.9 Å². The van der Waals surface area contributed by atoms with Crippen LogP contribution in [0.25, 0.3) is 5.65 Å². The van der Waals surface area contributed by atoms with Gasteiger partial charge in [-0.1, -0.05) is 30.7 Å². The van der Waals surface area contributed by atoms with Gasteiger partial charge in [0.05, 0.1) is 17.3 Å². The summed E-state index contributed by atoms with van der Waals surface area (Å²) in [5.74, 6) is 0.807. The van der Waals surface area contributed by atoms with Crippen molar-refractivity contribution in [2.45, 2.75) is 32.7 Å². The van der Waals surface area contributed by atoms with Crippen molar-refractivity contribution in [1.29, 1.82) is 0 Å². The molecule has 3 aromatic rings. The van der Waals surface area contributed by atoms with Gasteiger partial charge in [0.25, 0.3) is 5.91 Å². The third-order valence-corrected chi connectivity index (χ3v) is 4.85. The number of ether oxygens (including phenoxy) is 1. The molecule has 1 aliphatic rings. The molecule has 2 aromatic heterocycles. The zero-order valence-corrected chi connectivity index (χ0v) is 15.3. The Kier molecular flexibility index (Phi) is 4.55. The number of carbonyl (C=O) groups excluding carboxylic acids is 1. The van der Waals surface area contributed by atoms with Gasteiger partial charge in [0.1, 0.15) is 17.1 Å². The van der Waals surface area contributed by atoms with Crippen LogP contribution in [0.1, 0.15) is 40.7 Å². The first kappa shape index (κ1) is 16.9. The zero-order valence-electron chi connectivity index (χ0n) is 14.6. The molecule has 1 aliphatic heterocycles. The molecule has 0 spiro atoms. The molecule has 0 atom stereocenters. The zero-order chi connectivity index (χ0) is 18.1. The first-order valence-electron chi connectivity index (χ1n) is 8.85. The quantitative estimate of drug-likeness (QED) is 0.760. The second-order valence-electron chi connectivity index (χ2n) is 6.41. The van der Waals surface area contributed by atoms with E-state index in [9.17, 15) is 4.79 Å². The summed E-state index contributed by atoms with van der Waals surface area (Å²) in [5, 5.41) is 3.58. The van der Waals surface area contributed by atoms with E-state index in [1.54, 1.807) is 16.7 Å². The summed E-state index contributed by atoms with van der Waals surface area (Å²) in [6.07, 6.45) is 4.46. The molecule has 1 aromatic carbocycles. The summed E-state index contributed by atoms with van der Waals surface area (Å²) in [6, 6.07) is 9.70. The fourth-order valence-corrected chi connectivity index (χ4v) is 3.50. The summed E-state index contributed by atoms with van der Waals surface area (Å²) < 4.78 is 7.40. The molecule has 5 nitrogen and oxygen atoms in total. The van der Waals surface area contributed by atoms with Crippen LogP contribution < -0.4 is 10.1 Å². The topological polar surface area (TPSA) is 55.6 Å². The molecule has 0 bridgehead atoms. The SMILES string of the molecule is CCc1nc2ccc(Cl)cn2c1C(=O)NCc1ccc2c(c1)CCCO2. The molecule has 3 heterocycles. The summed E-state index contributed by atoms with van der Waals surface area (Å²) >= 11 is 6.10. The highest BCUT2D eigenvalue weighted by atomic mass is 35.5. The first-order chi connectivity index (χ1) is 12.7. The minimum Gasteiger partial charge on any atom is -0.493 e. The maximum Gasteiger partial charge on any atom is 0.270 e. The number of nitrogens with one attached hydrogen (secondary N) is 1. The molecule has 0 unspecified atom stereocenters. The molecule has 26 heavy (non-hydrogen) atoms. The van der Waals surface area contributed by atoms with E-state index >= 15 is 0 Å². The largest absolute Gasteiger partial charge is 0.493 e. The van der Waals surface area contributed by atoms with Gasteiger partial charge in [-0.3, -0.25) is 9.20 Å². The number of imidazole rings is 1. The van der Waals surface area contributed by atoms with Crippen molar-refractivity contribution in [3.8, 4) is 5.75 Å². The number of hydrogen-bond acceptors (Lipinski definition) is 3. The number of aromatic nitrogens is 2. The predicted molar refractivity (Wildman–Crippen MR) is 101 cm³/mol. The van der Waals surface area contributed by atoms with Gasteiger partial charge in [-0.15, -0.1) is 0 Å². The van der Waals surface area contributed by atoms with E-state index in [1.807, 2.05) is 25.1 Å². The lowest BCUT2D eigenvalue weighted by molar-refractivity contribution is 0.0944. The maximum atomic E-state index is 12.8. The molecule has 0 fully saturated rings. The number of nitrogens with zero attached hydrogens (tertiary/aromatic N) is 2. The van der Waals surface area contributed by atoms with E-state index in [-0.39, 0.29) is 5.91 Å². The highest BCUT2D eigenvalue weighted by Gasteiger charge is 2.18. The number of fused-ring (bicyclic) bond motifs is 2. The fraction of sp³-hybridized carbons (Fsp3) is 0.300. The Morgan fingerprint density at radius 1 is 1.35 bits per heavy atom. The summed E-state index contributed by atoms with van der Waals surface area (Å²) in [5.41, 5.74) is 4.31. The number of pyridine rings is 1. The average molecular weight is 370 g/mol. The number of benzene rings is 1. The van der Waals surface area contributed by atoms with E-state index in [0.717, 1.165) is 42.1 Å². The monoisotopic (exact) mass is 369 g/mol. The Morgan fingerprint density at radius 2 is 2.23 bits per heavy atom. The predicted octanol–water partition coefficient (Wildman–Crippen LogP) is 3.81. The van der Waals surface area contributed by atoms with Gasteiger partial charge in [0.2, 0.25) is 0 Å². The van der Waals surface area contributed by atoms with Crippen LogP contribution in [0.15, 0.2) is 36.5 Å². The lowest BCUT2D eigenvalue weighted by atomic mass is 10.0. The van der Waals surface area contributed by atoms with Gasteiger partial charge in [0, 0.05) is 12.7 Å². The van der Waals surface area contributed by atoms with E-state index < -0.39 is 0 Å². The van der Waals surface area contributed by atoms with Crippen LogP contribution in [-0.2, 0) is 19.4 Å². The first-order valence-corrected chi connectivity index (χ1v) is 9.23. The molecular weight excluding hydrogens is 350 g/mol. The minimum absolute atomic E-state index is 0.148. The van der Waals surface area contributed by atoms with E-state index in [1.165, 1.54) is 5.56 Å². The van der Waals surface area contributed by atoms with Crippen LogP contribution in [0.3, 0.4) is 0 Å². The second-order valence-corrected chi connectivity index (χ2v) is 6.85. The van der Waals surface area contributed by atoms with Crippen molar-refractivity contribution in [1.82, 2.24) is 14.7 Å². The van der Waals surface area contributed by atoms with Crippen LogP contribution in [0.5, 0.6) is 5.75 Å². The molecule has 0 saturated carbocycles. The van der Waals surface area contributed by atoms with Gasteiger partial charge in [0.15, 0.2) is 0 Å². The minimum atomic E-state index is -0.148. The number of rotatable bonds is 4. The number of amides is 1. The van der Waals surface area contributed by atoms with E-state index in [4.69, 9.17) is 16.3 Å². The number of aryl methyl sites for hydroxylation is 2. The van der Waals surface area contributed by atoms with Crippen molar-refractivity contribution in [2.24, 2.45) is 0 Å². The number of hydrogen-bond donors (Lipinski definition) is 1. The molecule has 0 aliphatic carbocycles. The summed E-state index contributed by atoms with van der Waals surface area (Å²) in [7, 11) is 0. The van der Waals surface area contributed by atoms with Crippen LogP contribution in [0, 0.1) is 0 Å². The molecule has 1 amide bonds. The van der Waals surface area contributed by atoms with Crippen molar-refractivity contribution in [3.63, 3.8) is 0 Å². The molecule has 0 saturated heterocycles. The van der Waals surface area contributed by atoms with Crippen LogP contribution in [0.4, 0.5) is 0 Å². The Balaban J connectivity index is 1.57. The Hall–Kier alpha value is -2.53. The van der Waals surface area contributed by atoms with E-state index in [0.29, 0.717) is 23.7 Å². The lowest BCUT2D eigenvalue weighted by Crippen LogP contribution is -2.25. The molecule has 0 radical (unpaired) electrons. The molecule has 1 N–H and O–H groups in total. The highest BCUT2D eigenvalue weighted by molar-refractivity contribution is 6.30. The Morgan fingerprint density at radius 3 is 3.08 bits per heavy atom.